The first kappa shape index (κ1) is 18.8. The Labute approximate surface area is 170 Å². The maximum Gasteiger partial charge on any atom is 0.171 e. The van der Waals surface area contributed by atoms with Crippen LogP contribution in [0.3, 0.4) is 0 Å². The van der Waals surface area contributed by atoms with Crippen molar-refractivity contribution in [3.63, 3.8) is 0 Å². The van der Waals surface area contributed by atoms with Gasteiger partial charge in [-0.1, -0.05) is 86.3 Å². The van der Waals surface area contributed by atoms with Crippen molar-refractivity contribution in [2.45, 2.75) is 25.6 Å². The number of rotatable bonds is 5. The van der Waals surface area contributed by atoms with E-state index >= 15 is 0 Å². The van der Waals surface area contributed by atoms with Gasteiger partial charge in [-0.2, -0.15) is 0 Å². The molecule has 2 N–H and O–H groups in total. The van der Waals surface area contributed by atoms with E-state index in [4.69, 9.17) is 10.7 Å². The number of aliphatic imine (C=N–C) groups is 1. The van der Waals surface area contributed by atoms with E-state index < -0.39 is 0 Å². The Balaban J connectivity index is 1.78. The summed E-state index contributed by atoms with van der Waals surface area (Å²) in [4.78, 5) is 18.5. The zero-order chi connectivity index (χ0) is 19.7. The van der Waals surface area contributed by atoms with Gasteiger partial charge in [0, 0.05) is 12.1 Å². The van der Waals surface area contributed by atoms with E-state index in [0.29, 0.717) is 22.9 Å². The number of ketones is 1. The lowest BCUT2D eigenvalue weighted by Crippen LogP contribution is -2.25. The maximum absolute atomic E-state index is 12.8. The van der Waals surface area contributed by atoms with Crippen LogP contribution in [0.25, 0.3) is 5.57 Å². The molecule has 28 heavy (non-hydrogen) atoms. The van der Waals surface area contributed by atoms with Crippen LogP contribution in [0.2, 0.25) is 0 Å². The van der Waals surface area contributed by atoms with E-state index in [9.17, 15) is 4.79 Å². The van der Waals surface area contributed by atoms with Crippen molar-refractivity contribution in [3.05, 3.63) is 88.5 Å². The van der Waals surface area contributed by atoms with Gasteiger partial charge in [0.2, 0.25) is 0 Å². The molecule has 0 aromatic heterocycles. The fraction of sp³-hybridized carbons (Fsp3) is 0.250. The van der Waals surface area contributed by atoms with Gasteiger partial charge in [-0.05, 0) is 28.7 Å². The molecular formula is C24H24N2OS. The van der Waals surface area contributed by atoms with E-state index in [0.717, 1.165) is 22.4 Å². The minimum atomic E-state index is -0.0958. The first-order chi connectivity index (χ1) is 13.5. The fourth-order valence-corrected chi connectivity index (χ4v) is 5.05. The van der Waals surface area contributed by atoms with Gasteiger partial charge in [0.25, 0.3) is 0 Å². The van der Waals surface area contributed by atoms with E-state index in [1.165, 1.54) is 11.8 Å². The number of nitrogens with two attached hydrogens (primary N) is 1. The summed E-state index contributed by atoms with van der Waals surface area (Å²) in [5.74, 6) is 0.380. The third-order valence-electron chi connectivity index (χ3n) is 5.04. The van der Waals surface area contributed by atoms with Crippen molar-refractivity contribution >= 4 is 28.8 Å². The number of fused-ring (bicyclic) bond motifs is 1. The SMILES string of the molecule is CC(C)CC(=O)C1=C(N)[C@@H]2C(c3ccccc3)=CC(c3ccccc3)=N[C@@H]2S1. The average Bonchev–Trinajstić information content (AvgIpc) is 3.05. The van der Waals surface area contributed by atoms with Crippen LogP contribution in [-0.2, 0) is 4.79 Å². The first-order valence-electron chi connectivity index (χ1n) is 9.64. The minimum absolute atomic E-state index is 0.0639. The molecular weight excluding hydrogens is 364 g/mol. The van der Waals surface area contributed by atoms with Gasteiger partial charge in [-0.3, -0.25) is 9.79 Å². The number of carbonyl (C=O) groups excluding carboxylic acids is 1. The Morgan fingerprint density at radius 3 is 2.25 bits per heavy atom. The minimum Gasteiger partial charge on any atom is -0.400 e. The Bertz CT molecular complexity index is 974. The number of dihydropyridines is 1. The molecule has 0 unspecified atom stereocenters. The molecule has 0 saturated heterocycles. The summed E-state index contributed by atoms with van der Waals surface area (Å²) < 4.78 is 0. The van der Waals surface area contributed by atoms with E-state index in [-0.39, 0.29) is 17.1 Å². The van der Waals surface area contributed by atoms with Crippen molar-refractivity contribution in [1.29, 1.82) is 0 Å². The average molecular weight is 389 g/mol. The summed E-state index contributed by atoms with van der Waals surface area (Å²) >= 11 is 1.53. The quantitative estimate of drug-likeness (QED) is 0.780. The number of allylic oxidation sites excluding steroid dienone is 2. The van der Waals surface area contributed by atoms with Crippen molar-refractivity contribution in [1.82, 2.24) is 0 Å². The highest BCUT2D eigenvalue weighted by atomic mass is 32.2. The second-order valence-corrected chi connectivity index (χ2v) is 8.76. The highest BCUT2D eigenvalue weighted by Gasteiger charge is 2.41. The molecule has 2 atom stereocenters. The summed E-state index contributed by atoms with van der Waals surface area (Å²) in [7, 11) is 0. The molecule has 0 fully saturated rings. The van der Waals surface area contributed by atoms with Crippen LogP contribution in [0.15, 0.2) is 82.3 Å². The topological polar surface area (TPSA) is 55.5 Å². The highest BCUT2D eigenvalue weighted by molar-refractivity contribution is 8.04. The molecule has 0 aliphatic carbocycles. The van der Waals surface area contributed by atoms with Crippen molar-refractivity contribution in [2.24, 2.45) is 22.6 Å². The molecule has 3 nitrogen and oxygen atoms in total. The van der Waals surface area contributed by atoms with Gasteiger partial charge in [-0.25, -0.2) is 0 Å². The van der Waals surface area contributed by atoms with Crippen LogP contribution < -0.4 is 5.73 Å². The number of hydrogen-bond donors (Lipinski definition) is 1. The molecule has 4 heteroatoms. The maximum atomic E-state index is 12.8. The van der Waals surface area contributed by atoms with Crippen molar-refractivity contribution < 1.29 is 4.79 Å². The van der Waals surface area contributed by atoms with Gasteiger partial charge in [0.05, 0.1) is 16.5 Å². The predicted molar refractivity (Wildman–Crippen MR) is 118 cm³/mol. The van der Waals surface area contributed by atoms with E-state index in [1.54, 1.807) is 0 Å². The van der Waals surface area contributed by atoms with Crippen LogP contribution in [0.5, 0.6) is 0 Å². The first-order valence-corrected chi connectivity index (χ1v) is 10.5. The number of hydrogen-bond acceptors (Lipinski definition) is 4. The van der Waals surface area contributed by atoms with Crippen LogP contribution in [0, 0.1) is 11.8 Å². The number of benzene rings is 2. The number of thioether (sulfide) groups is 1. The largest absolute Gasteiger partial charge is 0.400 e. The summed E-state index contributed by atoms with van der Waals surface area (Å²) in [5.41, 5.74) is 11.5. The molecule has 4 rings (SSSR count). The second-order valence-electron chi connectivity index (χ2n) is 7.64. The van der Waals surface area contributed by atoms with Crippen LogP contribution in [-0.4, -0.2) is 16.9 Å². The standard InChI is InChI=1S/C24H24N2OS/c1-15(2)13-20(27)23-22(25)21-18(16-9-5-3-6-10-16)14-19(26-24(21)28-23)17-11-7-4-8-12-17/h3-12,14-15,21,24H,13,25H2,1-2H3/t21-,24+/m0/s1. The van der Waals surface area contributed by atoms with E-state index in [1.807, 2.05) is 36.4 Å². The molecule has 2 aliphatic heterocycles. The third-order valence-corrected chi connectivity index (χ3v) is 6.36. The lowest BCUT2D eigenvalue weighted by atomic mass is 9.85. The molecule has 2 aliphatic rings. The van der Waals surface area contributed by atoms with Crippen LogP contribution in [0.4, 0.5) is 0 Å². The summed E-state index contributed by atoms with van der Waals surface area (Å²) in [6, 6.07) is 20.5. The molecule has 142 valence electrons. The van der Waals surface area contributed by atoms with E-state index in [2.05, 4.69) is 44.2 Å². The predicted octanol–water partition coefficient (Wildman–Crippen LogP) is 5.05. The molecule has 0 amide bonds. The molecule has 2 aromatic carbocycles. The second kappa shape index (κ2) is 7.80. The third kappa shape index (κ3) is 3.57. The fourth-order valence-electron chi connectivity index (χ4n) is 3.74. The van der Waals surface area contributed by atoms with Gasteiger partial charge >= 0.3 is 0 Å². The van der Waals surface area contributed by atoms with Crippen molar-refractivity contribution in [3.8, 4) is 0 Å². The van der Waals surface area contributed by atoms with Gasteiger partial charge in [-0.15, -0.1) is 0 Å². The van der Waals surface area contributed by atoms with Gasteiger partial charge < -0.3 is 5.73 Å². The Morgan fingerprint density at radius 2 is 1.64 bits per heavy atom. The summed E-state index contributed by atoms with van der Waals surface area (Å²) in [6.45, 7) is 4.12. The van der Waals surface area contributed by atoms with Gasteiger partial charge in [0.15, 0.2) is 5.78 Å². The molecule has 0 spiro atoms. The number of carbonyl (C=O) groups is 1. The molecule has 2 heterocycles. The normalized spacial score (nSPS) is 21.4. The lowest BCUT2D eigenvalue weighted by Gasteiger charge is -2.26. The number of Topliss-reactive ketones (excluding diaryl/α,β-unsaturated/α-hetero) is 1. The molecule has 0 saturated carbocycles. The molecule has 2 aromatic rings. The van der Waals surface area contributed by atoms with Gasteiger partial charge in [0.1, 0.15) is 5.37 Å². The monoisotopic (exact) mass is 388 g/mol. The zero-order valence-corrected chi connectivity index (χ0v) is 16.9. The smallest absolute Gasteiger partial charge is 0.171 e. The Morgan fingerprint density at radius 1 is 1.04 bits per heavy atom. The molecule has 0 bridgehead atoms. The number of nitrogens with zero attached hydrogens (tertiary/aromatic N) is 1. The Hall–Kier alpha value is -2.59. The van der Waals surface area contributed by atoms with Crippen LogP contribution >= 0.6 is 11.8 Å². The lowest BCUT2D eigenvalue weighted by molar-refractivity contribution is -0.115. The van der Waals surface area contributed by atoms with Crippen LogP contribution in [0.1, 0.15) is 31.4 Å². The zero-order valence-electron chi connectivity index (χ0n) is 16.1. The summed E-state index contributed by atoms with van der Waals surface area (Å²) in [6.07, 6.45) is 2.65. The summed E-state index contributed by atoms with van der Waals surface area (Å²) in [5, 5.41) is -0.0958. The highest BCUT2D eigenvalue weighted by Crippen LogP contribution is 2.49. The Kier molecular flexibility index (Phi) is 5.23. The molecule has 0 radical (unpaired) electrons. The van der Waals surface area contributed by atoms with Crippen molar-refractivity contribution in [2.75, 3.05) is 0 Å².